The molecule has 0 fully saturated rings. The molecule has 0 aliphatic carbocycles. The number of anilines is 1. The van der Waals surface area contributed by atoms with E-state index in [1.54, 1.807) is 18.4 Å². The molecule has 0 unspecified atom stereocenters. The average molecular weight is 217 g/mol. The maximum atomic E-state index is 11.0. The summed E-state index contributed by atoms with van der Waals surface area (Å²) in [6.07, 6.45) is 0. The Bertz CT molecular complexity index is 429. The van der Waals surface area contributed by atoms with Gasteiger partial charge in [0.1, 0.15) is 0 Å². The Balaban J connectivity index is 2.76. The number of rotatable bonds is 3. The van der Waals surface area contributed by atoms with Crippen molar-refractivity contribution in [3.05, 3.63) is 11.1 Å². The first-order valence-corrected chi connectivity index (χ1v) is 5.86. The molecule has 0 aliphatic heterocycles. The number of thiazole rings is 1. The fourth-order valence-electron chi connectivity index (χ4n) is 0.655. The van der Waals surface area contributed by atoms with E-state index in [9.17, 15) is 8.42 Å². The molecule has 1 aromatic heterocycles. The number of aryl methyl sites for hydroxylation is 1. The highest BCUT2D eigenvalue weighted by atomic mass is 32.2. The van der Waals surface area contributed by atoms with Gasteiger partial charge in [0.15, 0.2) is 10.9 Å². The van der Waals surface area contributed by atoms with Crippen LogP contribution in [0.5, 0.6) is 0 Å². The smallest absolute Gasteiger partial charge is 0.247 e. The van der Waals surface area contributed by atoms with Gasteiger partial charge in [-0.15, -0.1) is 11.3 Å². The highest BCUT2D eigenvalue weighted by Crippen LogP contribution is 2.15. The maximum Gasteiger partial charge on any atom is 0.247 e. The molecule has 70 valence electrons. The molecule has 0 saturated heterocycles. The molecule has 0 spiro atoms. The molecule has 0 aromatic carbocycles. The summed E-state index contributed by atoms with van der Waals surface area (Å²) in [6, 6.07) is 1.56. The first kappa shape index (κ1) is 9.95. The van der Waals surface area contributed by atoms with E-state index < -0.39 is 15.8 Å². The summed E-state index contributed by atoms with van der Waals surface area (Å²) < 4.78 is 24.3. The predicted molar refractivity (Wildman–Crippen MR) is 49.9 cm³/mol. The van der Waals surface area contributed by atoms with E-state index in [0.717, 1.165) is 5.69 Å². The summed E-state index contributed by atoms with van der Waals surface area (Å²) in [5, 5.41) is 10.2. The van der Waals surface area contributed by atoms with Crippen molar-refractivity contribution in [1.82, 2.24) is 4.98 Å². The van der Waals surface area contributed by atoms with Gasteiger partial charge in [0.2, 0.25) is 10.0 Å². The summed E-state index contributed by atoms with van der Waals surface area (Å²) in [4.78, 5) is 3.90. The van der Waals surface area contributed by atoms with Crippen molar-refractivity contribution in [3.63, 3.8) is 0 Å². The van der Waals surface area contributed by atoms with Crippen LogP contribution in [0.15, 0.2) is 5.38 Å². The Morgan fingerprint density at radius 3 is 2.92 bits per heavy atom. The van der Waals surface area contributed by atoms with Crippen LogP contribution >= 0.6 is 11.3 Å². The first-order valence-electron chi connectivity index (χ1n) is 3.33. The van der Waals surface area contributed by atoms with Crippen molar-refractivity contribution in [2.24, 2.45) is 0 Å². The molecule has 0 bridgehead atoms. The monoisotopic (exact) mass is 217 g/mol. The number of nitrogens with zero attached hydrogens (tertiary/aromatic N) is 2. The van der Waals surface area contributed by atoms with Crippen molar-refractivity contribution in [2.45, 2.75) is 6.92 Å². The van der Waals surface area contributed by atoms with Crippen LogP contribution in [0.3, 0.4) is 0 Å². The van der Waals surface area contributed by atoms with Crippen LogP contribution in [0.2, 0.25) is 0 Å². The van der Waals surface area contributed by atoms with E-state index >= 15 is 0 Å². The molecule has 7 heteroatoms. The summed E-state index contributed by atoms with van der Waals surface area (Å²) in [5.74, 6) is -0.550. The molecule has 1 aromatic rings. The van der Waals surface area contributed by atoms with Crippen molar-refractivity contribution in [3.8, 4) is 6.07 Å². The molecule has 1 heterocycles. The minimum Gasteiger partial charge on any atom is -0.258 e. The molecule has 0 aliphatic rings. The van der Waals surface area contributed by atoms with Crippen molar-refractivity contribution < 1.29 is 8.42 Å². The lowest BCUT2D eigenvalue weighted by atomic mass is 10.6. The number of hydrogen-bond donors (Lipinski definition) is 1. The Labute approximate surface area is 80.1 Å². The van der Waals surface area contributed by atoms with E-state index in [4.69, 9.17) is 5.26 Å². The molecular formula is C6H7N3O2S2. The Morgan fingerprint density at radius 1 is 1.77 bits per heavy atom. The van der Waals surface area contributed by atoms with Crippen LogP contribution < -0.4 is 4.72 Å². The summed E-state index contributed by atoms with van der Waals surface area (Å²) >= 11 is 1.19. The highest BCUT2D eigenvalue weighted by Gasteiger charge is 2.10. The highest BCUT2D eigenvalue weighted by molar-refractivity contribution is 7.93. The van der Waals surface area contributed by atoms with E-state index in [2.05, 4.69) is 9.71 Å². The summed E-state index contributed by atoms with van der Waals surface area (Å²) in [7, 11) is -3.53. The molecule has 1 N–H and O–H groups in total. The predicted octanol–water partition coefficient (Wildman–Crippen LogP) is 0.717. The molecular weight excluding hydrogens is 210 g/mol. The second kappa shape index (κ2) is 3.72. The lowest BCUT2D eigenvalue weighted by molar-refractivity contribution is 0.604. The van der Waals surface area contributed by atoms with E-state index in [0.29, 0.717) is 5.13 Å². The van der Waals surface area contributed by atoms with Gasteiger partial charge in [-0.25, -0.2) is 13.4 Å². The first-order chi connectivity index (χ1) is 6.03. The molecule has 5 nitrogen and oxygen atoms in total. The topological polar surface area (TPSA) is 82.9 Å². The third kappa shape index (κ3) is 3.01. The van der Waals surface area contributed by atoms with E-state index in [1.807, 2.05) is 0 Å². The van der Waals surface area contributed by atoms with E-state index in [1.165, 1.54) is 11.3 Å². The maximum absolute atomic E-state index is 11.0. The molecule has 1 rings (SSSR count). The molecule has 0 radical (unpaired) electrons. The van der Waals surface area contributed by atoms with Crippen molar-refractivity contribution in [1.29, 1.82) is 5.26 Å². The van der Waals surface area contributed by atoms with Gasteiger partial charge in [0, 0.05) is 5.38 Å². The molecule has 0 atom stereocenters. The SMILES string of the molecule is Cc1csc(NS(=O)(=O)CC#N)n1. The Kier molecular flexibility index (Phi) is 2.85. The Hall–Kier alpha value is -1.13. The van der Waals surface area contributed by atoms with Crippen LogP contribution in [0.25, 0.3) is 0 Å². The number of hydrogen-bond acceptors (Lipinski definition) is 5. The molecule has 13 heavy (non-hydrogen) atoms. The Morgan fingerprint density at radius 2 is 2.46 bits per heavy atom. The van der Waals surface area contributed by atoms with Gasteiger partial charge in [-0.3, -0.25) is 4.72 Å². The summed E-state index contributed by atoms with van der Waals surface area (Å²) in [5.41, 5.74) is 0.750. The number of aromatic nitrogens is 1. The minimum atomic E-state index is -3.53. The van der Waals surface area contributed by atoms with Crippen molar-refractivity contribution in [2.75, 3.05) is 10.5 Å². The largest absolute Gasteiger partial charge is 0.258 e. The van der Waals surface area contributed by atoms with Crippen LogP contribution in [-0.4, -0.2) is 19.2 Å². The van der Waals surface area contributed by atoms with Gasteiger partial charge < -0.3 is 0 Å². The minimum absolute atomic E-state index is 0.299. The van der Waals surface area contributed by atoms with Crippen LogP contribution in [-0.2, 0) is 10.0 Å². The third-order valence-corrected chi connectivity index (χ3v) is 3.13. The third-order valence-electron chi connectivity index (χ3n) is 1.12. The lowest BCUT2D eigenvalue weighted by Crippen LogP contribution is -2.15. The van der Waals surface area contributed by atoms with Gasteiger partial charge in [-0.1, -0.05) is 0 Å². The zero-order valence-electron chi connectivity index (χ0n) is 6.81. The molecule has 0 amide bonds. The van der Waals surface area contributed by atoms with Crippen LogP contribution in [0, 0.1) is 18.3 Å². The zero-order valence-corrected chi connectivity index (χ0v) is 8.44. The number of nitrogens with one attached hydrogen (secondary N) is 1. The lowest BCUT2D eigenvalue weighted by Gasteiger charge is -1.98. The van der Waals surface area contributed by atoms with Gasteiger partial charge >= 0.3 is 0 Å². The van der Waals surface area contributed by atoms with Gasteiger partial charge in [-0.05, 0) is 6.92 Å². The van der Waals surface area contributed by atoms with E-state index in [-0.39, 0.29) is 0 Å². The normalized spacial score (nSPS) is 10.8. The fourth-order valence-corrected chi connectivity index (χ4v) is 2.31. The average Bonchev–Trinajstić information content (AvgIpc) is 2.34. The fraction of sp³-hybridized carbons (Fsp3) is 0.333. The standard InChI is InChI=1S/C6H7N3O2S2/c1-5-4-12-6(8-5)9-13(10,11)3-2-7/h4H,3H2,1H3,(H,8,9). The van der Waals surface area contributed by atoms with Gasteiger partial charge in [-0.2, -0.15) is 5.26 Å². The second-order valence-corrected chi connectivity index (χ2v) is 4.89. The zero-order chi connectivity index (χ0) is 9.90. The molecule has 0 saturated carbocycles. The quantitative estimate of drug-likeness (QED) is 0.808. The second-order valence-electron chi connectivity index (χ2n) is 2.31. The van der Waals surface area contributed by atoms with Gasteiger partial charge in [0.05, 0.1) is 11.8 Å². The number of sulfonamides is 1. The van der Waals surface area contributed by atoms with Gasteiger partial charge in [0.25, 0.3) is 0 Å². The number of nitriles is 1. The summed E-state index contributed by atoms with van der Waals surface area (Å²) in [6.45, 7) is 1.76. The van der Waals surface area contributed by atoms with Crippen molar-refractivity contribution >= 4 is 26.5 Å². The van der Waals surface area contributed by atoms with Crippen LogP contribution in [0.1, 0.15) is 5.69 Å². The van der Waals surface area contributed by atoms with Crippen LogP contribution in [0.4, 0.5) is 5.13 Å².